The van der Waals surface area contributed by atoms with Crippen molar-refractivity contribution >= 4 is 82.0 Å². The van der Waals surface area contributed by atoms with E-state index in [0.717, 1.165) is 35.5 Å². The van der Waals surface area contributed by atoms with Gasteiger partial charge in [0.2, 0.25) is 0 Å². The van der Waals surface area contributed by atoms with Gasteiger partial charge in [-0.2, -0.15) is 0 Å². The van der Waals surface area contributed by atoms with Gasteiger partial charge in [0.15, 0.2) is 0 Å². The van der Waals surface area contributed by atoms with E-state index in [1.165, 1.54) is 0 Å². The number of carbonyl (C=O) groups excluding carboxylic acids is 2. The van der Waals surface area contributed by atoms with E-state index < -0.39 is 0 Å². The van der Waals surface area contributed by atoms with Gasteiger partial charge in [-0.15, -0.1) is 0 Å². The fraction of sp³-hybridized carbons (Fsp3) is 0.273. The lowest BCUT2D eigenvalue weighted by Crippen LogP contribution is -2.34. The number of ether oxygens (including phenoxy) is 2. The Labute approximate surface area is 348 Å². The molecule has 4 aromatic rings. The number of amidine groups is 2. The van der Waals surface area contributed by atoms with Crippen LogP contribution >= 0.6 is 46.4 Å². The number of hydrogen-bond donors (Lipinski definition) is 0. The van der Waals surface area contributed by atoms with Gasteiger partial charge in [0.05, 0.1) is 22.3 Å². The quantitative estimate of drug-likeness (QED) is 0.0882. The summed E-state index contributed by atoms with van der Waals surface area (Å²) in [6, 6.07) is 25.4. The first-order chi connectivity index (χ1) is 26.9. The predicted octanol–water partition coefficient (Wildman–Crippen LogP) is 11.4. The first kappa shape index (κ1) is 41.0. The van der Waals surface area contributed by atoms with Crippen LogP contribution in [-0.2, 0) is 9.59 Å². The van der Waals surface area contributed by atoms with Gasteiger partial charge in [0, 0.05) is 34.3 Å². The summed E-state index contributed by atoms with van der Waals surface area (Å²) < 4.78 is 11.5. The molecule has 2 aliphatic heterocycles. The van der Waals surface area contributed by atoms with Crippen molar-refractivity contribution in [3.05, 3.63) is 139 Å². The Kier molecular flexibility index (Phi) is 13.6. The summed E-state index contributed by atoms with van der Waals surface area (Å²) in [5.41, 5.74) is 3.51. The Morgan fingerprint density at radius 2 is 0.929 bits per heavy atom. The van der Waals surface area contributed by atoms with Gasteiger partial charge in [-0.3, -0.25) is 19.4 Å². The van der Waals surface area contributed by atoms with Crippen LogP contribution in [-0.4, -0.2) is 58.6 Å². The molecule has 0 saturated carbocycles. The van der Waals surface area contributed by atoms with Gasteiger partial charge in [-0.05, 0) is 124 Å². The average molecular weight is 833 g/mol. The molecule has 0 fully saturated rings. The maximum Gasteiger partial charge on any atom is 0.278 e. The second-order valence-corrected chi connectivity index (χ2v) is 15.7. The van der Waals surface area contributed by atoms with Crippen LogP contribution in [0.1, 0.15) is 75.6 Å². The van der Waals surface area contributed by atoms with Gasteiger partial charge in [0.1, 0.15) is 34.6 Å². The second kappa shape index (κ2) is 18.6. The summed E-state index contributed by atoms with van der Waals surface area (Å²) in [6.45, 7) is 8.74. The molecule has 6 rings (SSSR count). The molecule has 2 amide bonds. The number of carbonyl (C=O) groups is 2. The number of amides is 2. The molecule has 2 aliphatic rings. The van der Waals surface area contributed by atoms with Gasteiger partial charge in [-0.1, -0.05) is 83.5 Å². The van der Waals surface area contributed by atoms with Crippen LogP contribution in [0.3, 0.4) is 0 Å². The molecule has 4 aromatic carbocycles. The predicted molar refractivity (Wildman–Crippen MR) is 228 cm³/mol. The molecule has 56 heavy (non-hydrogen) atoms. The Morgan fingerprint density at radius 3 is 1.27 bits per heavy atom. The smallest absolute Gasteiger partial charge is 0.278 e. The number of benzene rings is 4. The molecule has 0 atom stereocenters. The zero-order chi connectivity index (χ0) is 39.9. The van der Waals surface area contributed by atoms with Gasteiger partial charge >= 0.3 is 0 Å². The number of hydrogen-bond acceptors (Lipinski definition) is 6. The number of aliphatic imine (C=N–C) groups is 2. The first-order valence-electron chi connectivity index (χ1n) is 18.5. The normalized spacial score (nSPS) is 15.8. The number of halogens is 4. The van der Waals surface area contributed by atoms with Crippen LogP contribution < -0.4 is 9.47 Å². The fourth-order valence-electron chi connectivity index (χ4n) is 6.31. The van der Waals surface area contributed by atoms with Crippen molar-refractivity contribution < 1.29 is 19.1 Å². The lowest BCUT2D eigenvalue weighted by molar-refractivity contribution is -0.123. The first-order valence-corrected chi connectivity index (χ1v) is 20.1. The molecule has 12 heteroatoms. The van der Waals surface area contributed by atoms with E-state index in [4.69, 9.17) is 65.9 Å². The lowest BCUT2D eigenvalue weighted by Gasteiger charge is -2.20. The summed E-state index contributed by atoms with van der Waals surface area (Å²) >= 11 is 25.6. The van der Waals surface area contributed by atoms with Crippen molar-refractivity contribution in [1.29, 1.82) is 0 Å². The van der Waals surface area contributed by atoms with Gasteiger partial charge < -0.3 is 9.47 Å². The summed E-state index contributed by atoms with van der Waals surface area (Å²) in [5.74, 6) is 2.04. The third-order valence-corrected chi connectivity index (χ3v) is 9.96. The van der Waals surface area contributed by atoms with E-state index in [9.17, 15) is 9.59 Å². The molecule has 0 N–H and O–H groups in total. The Balaban J connectivity index is 1.12. The Hall–Kier alpha value is -4.60. The van der Waals surface area contributed by atoms with Crippen molar-refractivity contribution in [2.24, 2.45) is 9.98 Å². The SMILES string of the molecule is CC(C)Oc1ccc(/C=C2\N=C(c3ccc(Cl)cc3Cl)N(CCCCCCN3C(=O)/C(=C\c4ccc(OC(C)C)cc4)N=C3c3ccc(Cl)cc3Cl)C2=O)cc1. The highest BCUT2D eigenvalue weighted by atomic mass is 35.5. The maximum atomic E-state index is 13.8. The summed E-state index contributed by atoms with van der Waals surface area (Å²) in [5, 5.41) is 1.80. The van der Waals surface area contributed by atoms with Crippen molar-refractivity contribution in [2.75, 3.05) is 13.1 Å². The molecule has 0 saturated heterocycles. The monoisotopic (exact) mass is 830 g/mol. The largest absolute Gasteiger partial charge is 0.491 e. The van der Waals surface area contributed by atoms with Gasteiger partial charge in [0.25, 0.3) is 11.8 Å². The van der Waals surface area contributed by atoms with Crippen LogP contribution in [0.4, 0.5) is 0 Å². The van der Waals surface area contributed by atoms with E-state index >= 15 is 0 Å². The fourth-order valence-corrected chi connectivity index (χ4v) is 7.29. The van der Waals surface area contributed by atoms with Crippen molar-refractivity contribution in [1.82, 2.24) is 9.80 Å². The average Bonchev–Trinajstić information content (AvgIpc) is 3.61. The molecule has 0 unspecified atom stereocenters. The number of unbranched alkanes of at least 4 members (excludes halogenated alkanes) is 3. The van der Waals surface area contributed by atoms with Crippen LogP contribution in [0.5, 0.6) is 11.5 Å². The van der Waals surface area contributed by atoms with E-state index in [0.29, 0.717) is 80.2 Å². The zero-order valence-electron chi connectivity index (χ0n) is 31.6. The number of nitrogens with zero attached hydrogens (tertiary/aromatic N) is 4. The minimum absolute atomic E-state index is 0.0535. The van der Waals surface area contributed by atoms with Crippen LogP contribution in [0.2, 0.25) is 20.1 Å². The third kappa shape index (κ3) is 10.2. The van der Waals surface area contributed by atoms with Gasteiger partial charge in [-0.25, -0.2) is 9.98 Å². The molecule has 0 bridgehead atoms. The van der Waals surface area contributed by atoms with Crippen LogP contribution in [0, 0.1) is 0 Å². The van der Waals surface area contributed by atoms with E-state index in [1.807, 2.05) is 76.2 Å². The van der Waals surface area contributed by atoms with E-state index in [1.54, 1.807) is 58.4 Å². The molecule has 2 heterocycles. The Bertz CT molecular complexity index is 2060. The molecule has 0 aliphatic carbocycles. The highest BCUT2D eigenvalue weighted by Gasteiger charge is 2.33. The zero-order valence-corrected chi connectivity index (χ0v) is 34.6. The molecule has 290 valence electrons. The molecule has 0 spiro atoms. The maximum absolute atomic E-state index is 13.8. The van der Waals surface area contributed by atoms with Crippen LogP contribution in [0.25, 0.3) is 12.2 Å². The third-order valence-electron chi connectivity index (χ3n) is 8.86. The molecule has 8 nitrogen and oxygen atoms in total. The second-order valence-electron chi connectivity index (χ2n) is 14.0. The molecule has 0 aromatic heterocycles. The summed E-state index contributed by atoms with van der Waals surface area (Å²) in [7, 11) is 0. The van der Waals surface area contributed by atoms with Crippen LogP contribution in [0.15, 0.2) is 106 Å². The van der Waals surface area contributed by atoms with E-state index in [2.05, 4.69) is 0 Å². The molecule has 0 radical (unpaired) electrons. The molecular formula is C44H42Cl4N4O4. The highest BCUT2D eigenvalue weighted by molar-refractivity contribution is 6.38. The van der Waals surface area contributed by atoms with Crippen molar-refractivity contribution in [3.8, 4) is 11.5 Å². The number of rotatable bonds is 15. The minimum atomic E-state index is -0.210. The summed E-state index contributed by atoms with van der Waals surface area (Å²) in [6.07, 6.45) is 6.63. The lowest BCUT2D eigenvalue weighted by atomic mass is 10.1. The van der Waals surface area contributed by atoms with E-state index in [-0.39, 0.29) is 24.0 Å². The Morgan fingerprint density at radius 1 is 0.554 bits per heavy atom. The molecular weight excluding hydrogens is 790 g/mol. The van der Waals surface area contributed by atoms with Crippen molar-refractivity contribution in [2.45, 2.75) is 65.6 Å². The topological polar surface area (TPSA) is 83.8 Å². The van der Waals surface area contributed by atoms with Crippen molar-refractivity contribution in [3.63, 3.8) is 0 Å². The highest BCUT2D eigenvalue weighted by Crippen LogP contribution is 2.31. The summed E-state index contributed by atoms with van der Waals surface area (Å²) in [4.78, 5) is 40.5. The minimum Gasteiger partial charge on any atom is -0.491 e. The standard InChI is InChI=1S/C44H42Cl4N4O4/c1-27(2)55-33-15-9-29(10-16-33)23-39-43(53)51(41(49-39)35-19-13-31(45)25-37(35)47)21-7-5-6-8-22-52-42(36-20-14-32(46)26-38(36)48)50-40(44(52)54)24-30-11-17-34(18-12-30)56-28(3)4/h9-20,23-28H,5-8,21-22H2,1-4H3/b39-23-,40-24+.